The summed E-state index contributed by atoms with van der Waals surface area (Å²) in [6.45, 7) is 2.63. The molecule has 3 nitrogen and oxygen atoms in total. The molecule has 0 fully saturated rings. The molecule has 0 unspecified atom stereocenters. The number of hydrogen-bond donors (Lipinski definition) is 0. The molecule has 1 aromatic rings. The Hall–Kier alpha value is -1.38. The summed E-state index contributed by atoms with van der Waals surface area (Å²) in [5.74, 6) is -0.147. The van der Waals surface area contributed by atoms with Crippen LogP contribution in [0.3, 0.4) is 0 Å². The van der Waals surface area contributed by atoms with Crippen molar-refractivity contribution in [2.45, 2.75) is 39.2 Å². The average Bonchev–Trinajstić information content (AvgIpc) is 2.30. The summed E-state index contributed by atoms with van der Waals surface area (Å²) in [6, 6.07) is 4.18. The lowest BCUT2D eigenvalue weighted by Crippen LogP contribution is -2.43. The zero-order valence-electron chi connectivity index (χ0n) is 9.74. The standard InChI is InChI=1S/C13H18NO2/c1-2-16-13(15)10-14-9-5-7-11-6-3-4-8-12(11)14/h5,7,9H,2-4,6,8,10H2,1H3/q+1. The molecular formula is C13H18NO2+. The average molecular weight is 220 g/mol. The topological polar surface area (TPSA) is 30.2 Å². The zero-order chi connectivity index (χ0) is 11.4. The summed E-state index contributed by atoms with van der Waals surface area (Å²) in [5.41, 5.74) is 2.69. The first kappa shape index (κ1) is 11.1. The van der Waals surface area contributed by atoms with Crippen molar-refractivity contribution >= 4 is 5.97 Å². The van der Waals surface area contributed by atoms with Crippen LogP contribution in [-0.4, -0.2) is 12.6 Å². The number of rotatable bonds is 3. The lowest BCUT2D eigenvalue weighted by Gasteiger charge is -2.13. The molecule has 0 saturated carbocycles. The van der Waals surface area contributed by atoms with Gasteiger partial charge in [0.1, 0.15) is 0 Å². The Labute approximate surface area is 96.0 Å². The van der Waals surface area contributed by atoms with E-state index in [0.717, 1.165) is 12.8 Å². The summed E-state index contributed by atoms with van der Waals surface area (Å²) in [4.78, 5) is 11.5. The molecule has 1 aliphatic carbocycles. The van der Waals surface area contributed by atoms with Crippen LogP contribution in [0.5, 0.6) is 0 Å². The van der Waals surface area contributed by atoms with Gasteiger partial charge in [0.15, 0.2) is 11.9 Å². The van der Waals surface area contributed by atoms with Gasteiger partial charge >= 0.3 is 5.97 Å². The van der Waals surface area contributed by atoms with Crippen molar-refractivity contribution in [2.24, 2.45) is 0 Å². The predicted molar refractivity (Wildman–Crippen MR) is 59.9 cm³/mol. The van der Waals surface area contributed by atoms with E-state index >= 15 is 0 Å². The summed E-state index contributed by atoms with van der Waals surface area (Å²) in [7, 11) is 0. The number of nitrogens with zero attached hydrogens (tertiary/aromatic N) is 1. The van der Waals surface area contributed by atoms with E-state index in [1.807, 2.05) is 23.8 Å². The molecule has 0 spiro atoms. The molecule has 1 heterocycles. The van der Waals surface area contributed by atoms with Crippen LogP contribution in [0, 0.1) is 0 Å². The molecule has 3 heteroatoms. The number of carbonyl (C=O) groups excluding carboxylic acids is 1. The Bertz CT molecular complexity index is 388. The van der Waals surface area contributed by atoms with Gasteiger partial charge in [0.05, 0.1) is 6.61 Å². The Balaban J connectivity index is 2.17. The molecule has 16 heavy (non-hydrogen) atoms. The highest BCUT2D eigenvalue weighted by Gasteiger charge is 2.21. The molecule has 0 bridgehead atoms. The van der Waals surface area contributed by atoms with Gasteiger partial charge in [0.25, 0.3) is 0 Å². The highest BCUT2D eigenvalue weighted by molar-refractivity contribution is 5.67. The van der Waals surface area contributed by atoms with Gasteiger partial charge in [-0.05, 0) is 32.3 Å². The van der Waals surface area contributed by atoms with Gasteiger partial charge in [-0.1, -0.05) is 0 Å². The van der Waals surface area contributed by atoms with E-state index in [-0.39, 0.29) is 5.97 Å². The van der Waals surface area contributed by atoms with Gasteiger partial charge in [0, 0.05) is 18.1 Å². The number of hydrogen-bond acceptors (Lipinski definition) is 2. The minimum atomic E-state index is -0.147. The van der Waals surface area contributed by atoms with Gasteiger partial charge in [-0.3, -0.25) is 0 Å². The molecule has 0 N–H and O–H groups in total. The largest absolute Gasteiger partial charge is 0.461 e. The Morgan fingerprint density at radius 3 is 3.06 bits per heavy atom. The lowest BCUT2D eigenvalue weighted by molar-refractivity contribution is -0.694. The van der Waals surface area contributed by atoms with E-state index in [1.54, 1.807) is 0 Å². The number of carbonyl (C=O) groups is 1. The fraction of sp³-hybridized carbons (Fsp3) is 0.538. The molecule has 1 aliphatic rings. The van der Waals surface area contributed by atoms with E-state index in [0.29, 0.717) is 13.2 Å². The maximum absolute atomic E-state index is 11.5. The van der Waals surface area contributed by atoms with Gasteiger partial charge in [-0.2, -0.15) is 4.57 Å². The summed E-state index contributed by atoms with van der Waals surface area (Å²) in [5, 5.41) is 0. The van der Waals surface area contributed by atoms with Crippen molar-refractivity contribution in [2.75, 3.05) is 6.61 Å². The number of fused-ring (bicyclic) bond motifs is 1. The van der Waals surface area contributed by atoms with Crippen molar-refractivity contribution < 1.29 is 14.1 Å². The van der Waals surface area contributed by atoms with Crippen LogP contribution >= 0.6 is 0 Å². The molecule has 0 atom stereocenters. The van der Waals surface area contributed by atoms with Crippen molar-refractivity contribution in [3.8, 4) is 0 Å². The van der Waals surface area contributed by atoms with E-state index in [2.05, 4.69) is 6.07 Å². The first-order valence-corrected chi connectivity index (χ1v) is 5.97. The second-order valence-corrected chi connectivity index (χ2v) is 4.12. The molecule has 0 aliphatic heterocycles. The number of ether oxygens (including phenoxy) is 1. The number of aromatic nitrogens is 1. The second kappa shape index (κ2) is 5.10. The minimum absolute atomic E-state index is 0.147. The fourth-order valence-corrected chi connectivity index (χ4v) is 2.27. The number of esters is 1. The monoisotopic (exact) mass is 220 g/mol. The van der Waals surface area contributed by atoms with Crippen LogP contribution in [0.25, 0.3) is 0 Å². The second-order valence-electron chi connectivity index (χ2n) is 4.12. The molecule has 1 aromatic heterocycles. The molecule has 2 rings (SSSR count). The SMILES string of the molecule is CCOC(=O)C[n+]1cccc2c1CCCC2. The maximum atomic E-state index is 11.5. The number of pyridine rings is 1. The van der Waals surface area contributed by atoms with Crippen LogP contribution in [-0.2, 0) is 28.9 Å². The van der Waals surface area contributed by atoms with E-state index in [4.69, 9.17) is 4.74 Å². The quantitative estimate of drug-likeness (QED) is 0.569. The molecule has 0 amide bonds. The van der Waals surface area contributed by atoms with Crippen LogP contribution in [0.1, 0.15) is 31.0 Å². The summed E-state index contributed by atoms with van der Waals surface area (Å²) >= 11 is 0. The summed E-state index contributed by atoms with van der Waals surface area (Å²) < 4.78 is 7.01. The third-order valence-electron chi connectivity index (χ3n) is 3.00. The highest BCUT2D eigenvalue weighted by atomic mass is 16.5. The minimum Gasteiger partial charge on any atom is -0.461 e. The number of aryl methyl sites for hydroxylation is 1. The van der Waals surface area contributed by atoms with E-state index < -0.39 is 0 Å². The van der Waals surface area contributed by atoms with Crippen molar-refractivity contribution in [3.63, 3.8) is 0 Å². The zero-order valence-corrected chi connectivity index (χ0v) is 9.74. The van der Waals surface area contributed by atoms with Crippen LogP contribution in [0.4, 0.5) is 0 Å². The van der Waals surface area contributed by atoms with Crippen LogP contribution in [0.15, 0.2) is 18.3 Å². The molecule has 0 aromatic carbocycles. The third kappa shape index (κ3) is 2.40. The third-order valence-corrected chi connectivity index (χ3v) is 3.00. The Morgan fingerprint density at radius 2 is 2.25 bits per heavy atom. The normalized spacial score (nSPS) is 14.3. The Kier molecular flexibility index (Phi) is 3.54. The fourth-order valence-electron chi connectivity index (χ4n) is 2.27. The van der Waals surface area contributed by atoms with Crippen molar-refractivity contribution in [1.82, 2.24) is 0 Å². The first-order valence-electron chi connectivity index (χ1n) is 5.97. The molecule has 0 radical (unpaired) electrons. The van der Waals surface area contributed by atoms with Gasteiger partial charge in [-0.15, -0.1) is 0 Å². The summed E-state index contributed by atoms with van der Waals surface area (Å²) in [6.07, 6.45) is 6.67. The maximum Gasteiger partial charge on any atom is 0.372 e. The lowest BCUT2D eigenvalue weighted by atomic mass is 9.96. The Morgan fingerprint density at radius 1 is 1.44 bits per heavy atom. The van der Waals surface area contributed by atoms with Crippen LogP contribution in [0.2, 0.25) is 0 Å². The predicted octanol–water partition coefficient (Wildman–Crippen LogP) is 1.42. The van der Waals surface area contributed by atoms with Crippen molar-refractivity contribution in [3.05, 3.63) is 29.6 Å². The first-order chi connectivity index (χ1) is 7.81. The highest BCUT2D eigenvalue weighted by Crippen LogP contribution is 2.17. The van der Waals surface area contributed by atoms with Gasteiger partial charge in [0.2, 0.25) is 6.54 Å². The van der Waals surface area contributed by atoms with Gasteiger partial charge < -0.3 is 4.74 Å². The van der Waals surface area contributed by atoms with Crippen LogP contribution < -0.4 is 4.57 Å². The van der Waals surface area contributed by atoms with Gasteiger partial charge in [-0.25, -0.2) is 4.79 Å². The molecular weight excluding hydrogens is 202 g/mol. The molecule has 86 valence electrons. The molecule has 0 saturated heterocycles. The smallest absolute Gasteiger partial charge is 0.372 e. The van der Waals surface area contributed by atoms with Crippen molar-refractivity contribution in [1.29, 1.82) is 0 Å². The van der Waals surface area contributed by atoms with E-state index in [1.165, 1.54) is 24.1 Å². The van der Waals surface area contributed by atoms with E-state index in [9.17, 15) is 4.79 Å².